The van der Waals surface area contributed by atoms with E-state index in [0.717, 1.165) is 6.92 Å². The van der Waals surface area contributed by atoms with Gasteiger partial charge in [0.15, 0.2) is 0 Å². The molecule has 1 aromatic carbocycles. The molecule has 0 amide bonds. The molecule has 0 aliphatic carbocycles. The number of anilines is 1. The summed E-state index contributed by atoms with van der Waals surface area (Å²) >= 11 is 0. The van der Waals surface area contributed by atoms with Gasteiger partial charge in [0.1, 0.15) is 0 Å². The lowest BCUT2D eigenvalue weighted by Gasteiger charge is -2.11. The molecule has 2 rings (SSSR count). The van der Waals surface area contributed by atoms with Crippen molar-refractivity contribution in [3.8, 4) is 0 Å². The van der Waals surface area contributed by atoms with Crippen LogP contribution in [0.4, 0.5) is 14.7 Å². The van der Waals surface area contributed by atoms with Crippen molar-refractivity contribution in [3.63, 3.8) is 0 Å². The number of alkyl halides is 2. The number of carboxylic acids is 1. The minimum Gasteiger partial charge on any atom is -0.478 e. The lowest BCUT2D eigenvalue weighted by atomic mass is 10.1. The molecule has 2 aromatic rings. The summed E-state index contributed by atoms with van der Waals surface area (Å²) in [7, 11) is 0. The van der Waals surface area contributed by atoms with Crippen LogP contribution in [0.25, 0.3) is 10.9 Å². The van der Waals surface area contributed by atoms with Crippen LogP contribution in [0.1, 0.15) is 17.3 Å². The second-order valence-electron chi connectivity index (χ2n) is 4.16. The van der Waals surface area contributed by atoms with E-state index in [2.05, 4.69) is 15.3 Å². The minimum atomic E-state index is -2.87. The molecule has 1 heterocycles. The van der Waals surface area contributed by atoms with Gasteiger partial charge in [-0.3, -0.25) is 0 Å². The highest BCUT2D eigenvalue weighted by molar-refractivity contribution is 6.02. The number of hydrogen-bond donors (Lipinski definition) is 2. The van der Waals surface area contributed by atoms with E-state index < -0.39 is 18.4 Å². The van der Waals surface area contributed by atoms with Crippen LogP contribution in [0, 0.1) is 0 Å². The van der Waals surface area contributed by atoms with Gasteiger partial charge in [-0.2, -0.15) is 0 Å². The Morgan fingerprint density at radius 2 is 2.21 bits per heavy atom. The summed E-state index contributed by atoms with van der Waals surface area (Å²) < 4.78 is 25.4. The van der Waals surface area contributed by atoms with Gasteiger partial charge in [0, 0.05) is 18.5 Å². The van der Waals surface area contributed by atoms with Gasteiger partial charge in [-0.05, 0) is 12.1 Å². The fourth-order valence-corrected chi connectivity index (χ4v) is 1.56. The Morgan fingerprint density at radius 1 is 1.47 bits per heavy atom. The van der Waals surface area contributed by atoms with Gasteiger partial charge in [-0.1, -0.05) is 6.07 Å². The molecule has 19 heavy (non-hydrogen) atoms. The fraction of sp³-hybridized carbons (Fsp3) is 0.250. The van der Waals surface area contributed by atoms with E-state index in [9.17, 15) is 13.6 Å². The van der Waals surface area contributed by atoms with Gasteiger partial charge in [0.2, 0.25) is 5.95 Å². The van der Waals surface area contributed by atoms with Crippen LogP contribution in [-0.2, 0) is 0 Å². The zero-order chi connectivity index (χ0) is 14.0. The van der Waals surface area contributed by atoms with Crippen LogP contribution < -0.4 is 5.32 Å². The molecule has 0 unspecified atom stereocenters. The van der Waals surface area contributed by atoms with Crippen molar-refractivity contribution in [3.05, 3.63) is 30.0 Å². The van der Waals surface area contributed by atoms with Gasteiger partial charge < -0.3 is 10.4 Å². The first-order chi connectivity index (χ1) is 8.87. The smallest absolute Gasteiger partial charge is 0.336 e. The number of nitrogens with one attached hydrogen (secondary N) is 1. The van der Waals surface area contributed by atoms with Crippen LogP contribution in [0.2, 0.25) is 0 Å². The Hall–Kier alpha value is -2.31. The molecule has 0 bridgehead atoms. The standard InChI is InChI=1S/C12H11F2N3O2/c1-12(13,14)6-16-11-15-5-8-7(10(18)19)3-2-4-9(8)17-11/h2-5H,6H2,1H3,(H,18,19)(H,15,16,17). The molecule has 100 valence electrons. The van der Waals surface area contributed by atoms with Crippen molar-refractivity contribution < 1.29 is 18.7 Å². The van der Waals surface area contributed by atoms with Crippen molar-refractivity contribution in [1.82, 2.24) is 9.97 Å². The maximum atomic E-state index is 12.7. The van der Waals surface area contributed by atoms with E-state index in [-0.39, 0.29) is 11.5 Å². The molecule has 0 saturated heterocycles. The lowest BCUT2D eigenvalue weighted by molar-refractivity contribution is 0.0366. The number of carbonyl (C=O) groups is 1. The Balaban J connectivity index is 2.34. The number of hydrogen-bond acceptors (Lipinski definition) is 4. The van der Waals surface area contributed by atoms with Crippen LogP contribution in [0.5, 0.6) is 0 Å². The molecule has 1 aromatic heterocycles. The van der Waals surface area contributed by atoms with Crippen LogP contribution >= 0.6 is 0 Å². The highest BCUT2D eigenvalue weighted by atomic mass is 19.3. The van der Waals surface area contributed by atoms with E-state index in [1.165, 1.54) is 18.3 Å². The first-order valence-corrected chi connectivity index (χ1v) is 5.47. The molecular formula is C12H11F2N3O2. The lowest BCUT2D eigenvalue weighted by Crippen LogP contribution is -2.23. The summed E-state index contributed by atoms with van der Waals surface area (Å²) in [6, 6.07) is 4.57. The third-order valence-corrected chi connectivity index (χ3v) is 2.41. The zero-order valence-electron chi connectivity index (χ0n) is 10.0. The average Bonchev–Trinajstić information content (AvgIpc) is 2.34. The van der Waals surface area contributed by atoms with E-state index >= 15 is 0 Å². The predicted octanol–water partition coefficient (Wildman–Crippen LogP) is 2.40. The second kappa shape index (κ2) is 4.75. The molecule has 0 spiro atoms. The Labute approximate surface area is 107 Å². The first kappa shape index (κ1) is 13.1. The maximum absolute atomic E-state index is 12.7. The number of aromatic nitrogens is 2. The SMILES string of the molecule is CC(F)(F)CNc1ncc2c(C(=O)O)cccc2n1. The molecule has 0 atom stereocenters. The average molecular weight is 267 g/mol. The van der Waals surface area contributed by atoms with Crippen molar-refractivity contribution in [2.24, 2.45) is 0 Å². The highest BCUT2D eigenvalue weighted by Gasteiger charge is 2.21. The third kappa shape index (κ3) is 3.12. The van der Waals surface area contributed by atoms with Crippen molar-refractivity contribution in [1.29, 1.82) is 0 Å². The Morgan fingerprint density at radius 3 is 2.84 bits per heavy atom. The van der Waals surface area contributed by atoms with E-state index in [0.29, 0.717) is 10.9 Å². The molecule has 7 heteroatoms. The largest absolute Gasteiger partial charge is 0.478 e. The van der Waals surface area contributed by atoms with Crippen LogP contribution in [0.3, 0.4) is 0 Å². The molecule has 5 nitrogen and oxygen atoms in total. The number of aromatic carboxylic acids is 1. The predicted molar refractivity (Wildman–Crippen MR) is 65.6 cm³/mol. The summed E-state index contributed by atoms with van der Waals surface area (Å²) in [6.07, 6.45) is 1.31. The van der Waals surface area contributed by atoms with Crippen molar-refractivity contribution in [2.45, 2.75) is 12.8 Å². The number of rotatable bonds is 4. The summed E-state index contributed by atoms with van der Waals surface area (Å²) in [5, 5.41) is 11.8. The zero-order valence-corrected chi connectivity index (χ0v) is 10.0. The summed E-state index contributed by atoms with van der Waals surface area (Å²) in [5.41, 5.74) is 0.460. The summed E-state index contributed by atoms with van der Waals surface area (Å²) in [5.74, 6) is -3.92. The van der Waals surface area contributed by atoms with Gasteiger partial charge in [0.25, 0.3) is 5.92 Å². The highest BCUT2D eigenvalue weighted by Crippen LogP contribution is 2.18. The Kier molecular flexibility index (Phi) is 3.28. The first-order valence-electron chi connectivity index (χ1n) is 5.47. The van der Waals surface area contributed by atoms with E-state index in [1.54, 1.807) is 6.07 Å². The summed E-state index contributed by atoms with van der Waals surface area (Å²) in [4.78, 5) is 18.8. The third-order valence-electron chi connectivity index (χ3n) is 2.41. The van der Waals surface area contributed by atoms with Crippen LogP contribution in [-0.4, -0.2) is 33.5 Å². The van der Waals surface area contributed by atoms with E-state index in [4.69, 9.17) is 5.11 Å². The van der Waals surface area contributed by atoms with Crippen molar-refractivity contribution >= 4 is 22.8 Å². The monoisotopic (exact) mass is 267 g/mol. The number of fused-ring (bicyclic) bond motifs is 1. The number of carboxylic acid groups (broad SMARTS) is 1. The Bertz CT molecular complexity index is 626. The van der Waals surface area contributed by atoms with Gasteiger partial charge in [-0.15, -0.1) is 0 Å². The number of benzene rings is 1. The molecular weight excluding hydrogens is 256 g/mol. The number of nitrogens with zero attached hydrogens (tertiary/aromatic N) is 2. The molecule has 0 aliphatic heterocycles. The second-order valence-corrected chi connectivity index (χ2v) is 4.16. The maximum Gasteiger partial charge on any atom is 0.336 e. The van der Waals surface area contributed by atoms with Gasteiger partial charge in [-0.25, -0.2) is 23.5 Å². The molecule has 0 aliphatic rings. The van der Waals surface area contributed by atoms with Crippen molar-refractivity contribution in [2.75, 3.05) is 11.9 Å². The molecule has 0 saturated carbocycles. The molecule has 0 radical (unpaired) electrons. The molecule has 0 fully saturated rings. The van der Waals surface area contributed by atoms with Gasteiger partial charge in [0.05, 0.1) is 17.6 Å². The normalized spacial score (nSPS) is 11.5. The quantitative estimate of drug-likeness (QED) is 0.889. The van der Waals surface area contributed by atoms with E-state index in [1.807, 2.05) is 0 Å². The topological polar surface area (TPSA) is 75.1 Å². The van der Waals surface area contributed by atoms with Crippen LogP contribution in [0.15, 0.2) is 24.4 Å². The summed E-state index contributed by atoms with van der Waals surface area (Å²) in [6.45, 7) is 0.195. The number of halogens is 2. The fourth-order valence-electron chi connectivity index (χ4n) is 1.56. The van der Waals surface area contributed by atoms with Gasteiger partial charge >= 0.3 is 5.97 Å². The molecule has 2 N–H and O–H groups in total. The minimum absolute atomic E-state index is 0.0385.